The molecule has 0 amide bonds. The van der Waals surface area contributed by atoms with E-state index in [1.165, 1.54) is 11.8 Å². The summed E-state index contributed by atoms with van der Waals surface area (Å²) in [6, 6.07) is 9.16. The molecule has 1 rings (SSSR count). The van der Waals surface area contributed by atoms with E-state index in [1.807, 2.05) is 25.4 Å². The van der Waals surface area contributed by atoms with Crippen LogP contribution in [-0.4, -0.2) is 18.5 Å². The Morgan fingerprint density at radius 1 is 1.31 bits per heavy atom. The highest BCUT2D eigenvalue weighted by Crippen LogP contribution is 2.17. The number of thioether (sulfide) groups is 1. The molecule has 0 aliphatic heterocycles. The predicted molar refractivity (Wildman–Crippen MR) is 66.1 cm³/mol. The predicted octanol–water partition coefficient (Wildman–Crippen LogP) is 2.19. The van der Waals surface area contributed by atoms with Crippen molar-refractivity contribution in [2.45, 2.75) is 0 Å². The molecule has 0 aliphatic rings. The molecule has 0 aliphatic carbocycles. The van der Waals surface area contributed by atoms with Gasteiger partial charge in [-0.3, -0.25) is 0 Å². The molecule has 16 heavy (non-hydrogen) atoms. The van der Waals surface area contributed by atoms with Crippen LogP contribution in [-0.2, 0) is 0 Å². The molecule has 0 N–H and O–H groups in total. The number of nitriles is 2. The Morgan fingerprint density at radius 2 is 1.94 bits per heavy atom. The molecule has 0 aromatic heterocycles. The van der Waals surface area contributed by atoms with Crippen LogP contribution in [0.3, 0.4) is 0 Å². The molecule has 1 aromatic carbocycles. The van der Waals surface area contributed by atoms with Gasteiger partial charge in [-0.1, -0.05) is 11.8 Å². The van der Waals surface area contributed by atoms with Gasteiger partial charge in [0.15, 0.2) is 5.17 Å². The highest BCUT2D eigenvalue weighted by molar-refractivity contribution is 8.13. The van der Waals surface area contributed by atoms with E-state index in [-0.39, 0.29) is 0 Å². The summed E-state index contributed by atoms with van der Waals surface area (Å²) in [5, 5.41) is 17.8. The molecule has 0 unspecified atom stereocenters. The van der Waals surface area contributed by atoms with E-state index in [4.69, 9.17) is 10.5 Å². The fourth-order valence-electron chi connectivity index (χ4n) is 1.17. The van der Waals surface area contributed by atoms with Crippen LogP contribution in [0.2, 0.25) is 0 Å². The van der Waals surface area contributed by atoms with Crippen molar-refractivity contribution in [2.75, 3.05) is 18.2 Å². The van der Waals surface area contributed by atoms with Crippen LogP contribution >= 0.6 is 11.8 Å². The van der Waals surface area contributed by atoms with Crippen LogP contribution in [0, 0.1) is 22.8 Å². The normalized spacial score (nSPS) is 10.4. The molecule has 0 bridgehead atoms. The number of rotatable bonds is 1. The van der Waals surface area contributed by atoms with Crippen LogP contribution in [0.1, 0.15) is 5.56 Å². The third-order valence-corrected chi connectivity index (χ3v) is 2.73. The van der Waals surface area contributed by atoms with Crippen molar-refractivity contribution in [1.82, 2.24) is 0 Å². The SMILES string of the molecule is CSC(=NC#N)N(C)c1ccc(C#N)cc1. The van der Waals surface area contributed by atoms with Crippen molar-refractivity contribution >= 4 is 22.6 Å². The summed E-state index contributed by atoms with van der Waals surface area (Å²) in [6.07, 6.45) is 3.62. The Morgan fingerprint density at radius 3 is 2.38 bits per heavy atom. The zero-order valence-corrected chi connectivity index (χ0v) is 9.82. The van der Waals surface area contributed by atoms with E-state index in [1.54, 1.807) is 23.2 Å². The van der Waals surface area contributed by atoms with Gasteiger partial charge in [0.2, 0.25) is 6.19 Å². The van der Waals surface area contributed by atoms with Crippen molar-refractivity contribution in [3.8, 4) is 12.3 Å². The summed E-state index contributed by atoms with van der Waals surface area (Å²) in [5.41, 5.74) is 1.50. The van der Waals surface area contributed by atoms with Crippen molar-refractivity contribution in [3.05, 3.63) is 29.8 Å². The molecule has 80 valence electrons. The molecular formula is C11H10N4S. The topological polar surface area (TPSA) is 63.2 Å². The van der Waals surface area contributed by atoms with Gasteiger partial charge in [0.1, 0.15) is 0 Å². The Hall–Kier alpha value is -1.98. The minimum Gasteiger partial charge on any atom is -0.323 e. The maximum Gasteiger partial charge on any atom is 0.208 e. The fraction of sp³-hybridized carbons (Fsp3) is 0.182. The summed E-state index contributed by atoms with van der Waals surface area (Å²) in [6.45, 7) is 0. The quantitative estimate of drug-likeness (QED) is 0.421. The zero-order valence-electron chi connectivity index (χ0n) is 9.01. The molecule has 5 heteroatoms. The maximum absolute atomic E-state index is 8.67. The van der Waals surface area contributed by atoms with Crippen molar-refractivity contribution < 1.29 is 0 Å². The smallest absolute Gasteiger partial charge is 0.208 e. The summed E-state index contributed by atoms with van der Waals surface area (Å²) in [5.74, 6) is 0. The average Bonchev–Trinajstić information content (AvgIpc) is 2.35. The number of nitrogens with zero attached hydrogens (tertiary/aromatic N) is 4. The van der Waals surface area contributed by atoms with E-state index in [9.17, 15) is 0 Å². The van der Waals surface area contributed by atoms with Gasteiger partial charge in [0.05, 0.1) is 11.6 Å². The van der Waals surface area contributed by atoms with Gasteiger partial charge in [0, 0.05) is 12.7 Å². The van der Waals surface area contributed by atoms with Gasteiger partial charge in [-0.2, -0.15) is 10.5 Å². The summed E-state index contributed by atoms with van der Waals surface area (Å²) in [7, 11) is 1.83. The number of benzene rings is 1. The minimum absolute atomic E-state index is 0.611. The van der Waals surface area contributed by atoms with Crippen LogP contribution in [0.5, 0.6) is 0 Å². The lowest BCUT2D eigenvalue weighted by molar-refractivity contribution is 1.27. The zero-order chi connectivity index (χ0) is 12.0. The number of hydrogen-bond donors (Lipinski definition) is 0. The summed E-state index contributed by atoms with van der Waals surface area (Å²) in [4.78, 5) is 5.51. The number of hydrogen-bond acceptors (Lipinski definition) is 4. The minimum atomic E-state index is 0.611. The number of amidine groups is 1. The van der Waals surface area contributed by atoms with Crippen LogP contribution in [0.15, 0.2) is 29.3 Å². The van der Waals surface area contributed by atoms with E-state index >= 15 is 0 Å². The number of anilines is 1. The van der Waals surface area contributed by atoms with E-state index < -0.39 is 0 Å². The first-order chi connectivity index (χ1) is 7.72. The standard InChI is InChI=1S/C11H10N4S/c1-15(11(16-2)14-8-13)10-5-3-9(7-12)4-6-10/h3-6H,1-2H3. The van der Waals surface area contributed by atoms with Gasteiger partial charge < -0.3 is 4.90 Å². The summed E-state index contributed by atoms with van der Waals surface area (Å²) >= 11 is 1.40. The lowest BCUT2D eigenvalue weighted by Crippen LogP contribution is -2.22. The second-order valence-corrected chi connectivity index (χ2v) is 3.69. The number of aliphatic imine (C=N–C) groups is 1. The third-order valence-electron chi connectivity index (χ3n) is 2.00. The molecule has 4 nitrogen and oxygen atoms in total. The monoisotopic (exact) mass is 230 g/mol. The Bertz CT molecular complexity index is 464. The average molecular weight is 230 g/mol. The fourth-order valence-corrected chi connectivity index (χ4v) is 1.68. The molecular weight excluding hydrogens is 220 g/mol. The van der Waals surface area contributed by atoms with E-state index in [0.717, 1.165) is 5.69 Å². The second kappa shape index (κ2) is 5.79. The largest absolute Gasteiger partial charge is 0.323 e. The second-order valence-electron chi connectivity index (χ2n) is 2.92. The van der Waals surface area contributed by atoms with Gasteiger partial charge in [-0.05, 0) is 30.5 Å². The molecule has 0 fully saturated rings. The van der Waals surface area contributed by atoms with Gasteiger partial charge in [0.25, 0.3) is 0 Å². The van der Waals surface area contributed by atoms with Crippen molar-refractivity contribution in [1.29, 1.82) is 10.5 Å². The molecule has 1 aromatic rings. The van der Waals surface area contributed by atoms with Crippen molar-refractivity contribution in [3.63, 3.8) is 0 Å². The van der Waals surface area contributed by atoms with Gasteiger partial charge in [-0.25, -0.2) is 0 Å². The highest BCUT2D eigenvalue weighted by atomic mass is 32.2. The molecule has 0 saturated heterocycles. The first-order valence-corrected chi connectivity index (χ1v) is 5.70. The Balaban J connectivity index is 2.97. The van der Waals surface area contributed by atoms with Gasteiger partial charge in [-0.15, -0.1) is 4.99 Å². The summed E-state index contributed by atoms with van der Waals surface area (Å²) < 4.78 is 0. The van der Waals surface area contributed by atoms with Crippen LogP contribution in [0.25, 0.3) is 0 Å². The van der Waals surface area contributed by atoms with E-state index in [0.29, 0.717) is 10.7 Å². The first kappa shape index (κ1) is 12.1. The Labute approximate surface area is 98.8 Å². The van der Waals surface area contributed by atoms with E-state index in [2.05, 4.69) is 11.1 Å². The molecule has 0 spiro atoms. The van der Waals surface area contributed by atoms with Crippen LogP contribution < -0.4 is 4.90 Å². The van der Waals surface area contributed by atoms with Crippen LogP contribution in [0.4, 0.5) is 5.69 Å². The molecule has 0 heterocycles. The molecule has 0 saturated carbocycles. The molecule has 0 radical (unpaired) electrons. The molecule has 0 atom stereocenters. The maximum atomic E-state index is 8.67. The third kappa shape index (κ3) is 2.75. The Kier molecular flexibility index (Phi) is 4.38. The lowest BCUT2D eigenvalue weighted by atomic mass is 10.2. The van der Waals surface area contributed by atoms with Gasteiger partial charge >= 0.3 is 0 Å². The lowest BCUT2D eigenvalue weighted by Gasteiger charge is -2.18. The highest BCUT2D eigenvalue weighted by Gasteiger charge is 2.07. The van der Waals surface area contributed by atoms with Crippen molar-refractivity contribution in [2.24, 2.45) is 4.99 Å². The first-order valence-electron chi connectivity index (χ1n) is 4.47.